The predicted octanol–water partition coefficient (Wildman–Crippen LogP) is 6.73. The van der Waals surface area contributed by atoms with Crippen molar-refractivity contribution in [3.05, 3.63) is 57.5 Å². The number of imide groups is 1. The molecule has 2 aromatic carbocycles. The van der Waals surface area contributed by atoms with Crippen LogP contribution in [0.4, 0.5) is 4.79 Å². The van der Waals surface area contributed by atoms with Crippen LogP contribution >= 0.6 is 11.8 Å². The summed E-state index contributed by atoms with van der Waals surface area (Å²) in [7, 11) is 0. The molecular formula is C27H31NO3S. The summed E-state index contributed by atoms with van der Waals surface area (Å²) in [5, 5.41) is 1.97. The smallest absolute Gasteiger partial charge is 0.290 e. The van der Waals surface area contributed by atoms with E-state index in [0.29, 0.717) is 11.5 Å². The number of rotatable bonds is 4. The molecule has 2 aromatic rings. The number of fused-ring (bicyclic) bond motifs is 1. The van der Waals surface area contributed by atoms with Crippen molar-refractivity contribution >= 4 is 29.0 Å². The Kier molecular flexibility index (Phi) is 5.74. The van der Waals surface area contributed by atoms with E-state index in [9.17, 15) is 9.59 Å². The zero-order valence-corrected chi connectivity index (χ0v) is 20.5. The highest BCUT2D eigenvalue weighted by Crippen LogP contribution is 2.48. The van der Waals surface area contributed by atoms with Gasteiger partial charge in [-0.3, -0.25) is 14.9 Å². The van der Waals surface area contributed by atoms with E-state index >= 15 is 0 Å². The van der Waals surface area contributed by atoms with E-state index in [1.54, 1.807) is 6.08 Å². The number of thioether (sulfide) groups is 1. The third kappa shape index (κ3) is 4.11. The van der Waals surface area contributed by atoms with Crippen LogP contribution in [-0.2, 0) is 15.6 Å². The summed E-state index contributed by atoms with van der Waals surface area (Å²) in [6.45, 7) is 14.0. The number of carbonyl (C=O) groups excluding carboxylic acids is 2. The second-order valence-corrected chi connectivity index (χ2v) is 11.0. The maximum Gasteiger partial charge on any atom is 0.290 e. The van der Waals surface area contributed by atoms with Crippen molar-refractivity contribution < 1.29 is 14.3 Å². The van der Waals surface area contributed by atoms with Crippen molar-refractivity contribution in [1.82, 2.24) is 5.32 Å². The van der Waals surface area contributed by atoms with Crippen LogP contribution in [-0.4, -0.2) is 17.8 Å². The molecule has 0 aromatic heterocycles. The molecule has 1 saturated heterocycles. The molecule has 1 fully saturated rings. The Bertz CT molecular complexity index is 1140. The summed E-state index contributed by atoms with van der Waals surface area (Å²) in [4.78, 5) is 23.8. The molecule has 2 aliphatic rings. The number of carbonyl (C=O) groups is 2. The molecule has 0 radical (unpaired) electrons. The van der Waals surface area contributed by atoms with Crippen molar-refractivity contribution in [1.29, 1.82) is 0 Å². The molecule has 0 atom stereocenters. The highest BCUT2D eigenvalue weighted by molar-refractivity contribution is 8.18. The van der Waals surface area contributed by atoms with Gasteiger partial charge in [-0.25, -0.2) is 0 Å². The lowest BCUT2D eigenvalue weighted by molar-refractivity contribution is -0.115. The number of benzene rings is 2. The van der Waals surface area contributed by atoms with Crippen LogP contribution in [0.1, 0.15) is 69.7 Å². The fraction of sp³-hybridized carbons (Fsp3) is 0.407. The van der Waals surface area contributed by atoms with E-state index < -0.39 is 0 Å². The van der Waals surface area contributed by atoms with Gasteiger partial charge in [0.25, 0.3) is 11.1 Å². The molecule has 1 aliphatic heterocycles. The molecule has 2 amide bonds. The molecule has 4 nitrogen and oxygen atoms in total. The second kappa shape index (κ2) is 8.11. The summed E-state index contributed by atoms with van der Waals surface area (Å²) >= 11 is 0.926. The molecule has 0 spiro atoms. The Morgan fingerprint density at radius 2 is 1.66 bits per heavy atom. The van der Waals surface area contributed by atoms with Crippen molar-refractivity contribution in [2.24, 2.45) is 0 Å². The molecule has 1 aliphatic carbocycles. The van der Waals surface area contributed by atoms with Gasteiger partial charge in [-0.1, -0.05) is 45.9 Å². The molecule has 1 heterocycles. The van der Waals surface area contributed by atoms with Gasteiger partial charge in [0.15, 0.2) is 0 Å². The first kappa shape index (κ1) is 22.7. The average Bonchev–Trinajstić information content (AvgIpc) is 3.03. The number of hydrogen-bond donors (Lipinski definition) is 1. The van der Waals surface area contributed by atoms with Gasteiger partial charge in [0, 0.05) is 5.56 Å². The maximum atomic E-state index is 11.9. The first-order chi connectivity index (χ1) is 15.0. The van der Waals surface area contributed by atoms with Gasteiger partial charge in [-0.05, 0) is 95.3 Å². The number of amides is 2. The third-order valence-electron chi connectivity index (χ3n) is 6.73. The van der Waals surface area contributed by atoms with Gasteiger partial charge in [-0.15, -0.1) is 0 Å². The van der Waals surface area contributed by atoms with Gasteiger partial charge in [0.2, 0.25) is 0 Å². The Balaban J connectivity index is 1.82. The van der Waals surface area contributed by atoms with E-state index in [-0.39, 0.29) is 22.0 Å². The zero-order valence-electron chi connectivity index (χ0n) is 19.7. The molecule has 168 valence electrons. The van der Waals surface area contributed by atoms with E-state index in [0.717, 1.165) is 28.6 Å². The monoisotopic (exact) mass is 449 g/mol. The van der Waals surface area contributed by atoms with Crippen LogP contribution in [0.25, 0.3) is 17.2 Å². The van der Waals surface area contributed by atoms with Crippen LogP contribution < -0.4 is 10.1 Å². The molecule has 4 rings (SSSR count). The Morgan fingerprint density at radius 1 is 1.00 bits per heavy atom. The fourth-order valence-electron chi connectivity index (χ4n) is 4.71. The normalized spacial score (nSPS) is 20.2. The fourth-order valence-corrected chi connectivity index (χ4v) is 5.39. The number of ether oxygens (including phenoxy) is 1. The molecule has 1 N–H and O–H groups in total. The molecule has 0 saturated carbocycles. The lowest BCUT2D eigenvalue weighted by Crippen LogP contribution is -2.34. The quantitative estimate of drug-likeness (QED) is 0.526. The molecule has 0 bridgehead atoms. The van der Waals surface area contributed by atoms with Crippen LogP contribution in [0.15, 0.2) is 35.2 Å². The van der Waals surface area contributed by atoms with Gasteiger partial charge in [0.05, 0.1) is 11.5 Å². The summed E-state index contributed by atoms with van der Waals surface area (Å²) in [6.07, 6.45) is 4.09. The third-order valence-corrected chi connectivity index (χ3v) is 7.54. The highest BCUT2D eigenvalue weighted by Gasteiger charge is 2.37. The van der Waals surface area contributed by atoms with Crippen molar-refractivity contribution in [2.45, 2.75) is 65.2 Å². The van der Waals surface area contributed by atoms with Crippen LogP contribution in [0.2, 0.25) is 0 Å². The summed E-state index contributed by atoms with van der Waals surface area (Å²) in [5.74, 6) is 0.435. The first-order valence-electron chi connectivity index (χ1n) is 11.2. The summed E-state index contributed by atoms with van der Waals surface area (Å²) in [5.41, 5.74) is 7.46. The zero-order chi connectivity index (χ0) is 23.3. The highest BCUT2D eigenvalue weighted by atomic mass is 32.2. The topological polar surface area (TPSA) is 55.4 Å². The minimum absolute atomic E-state index is 0.128. The SMILES string of the molecule is CCOc1cc(/C=C2/SC(=O)NC2=O)ccc1-c1cc2c(cc1C)C(C)(C)CCC2(C)C. The van der Waals surface area contributed by atoms with Crippen LogP contribution in [0, 0.1) is 6.92 Å². The lowest BCUT2D eigenvalue weighted by Gasteiger charge is -2.42. The van der Waals surface area contributed by atoms with Crippen LogP contribution in [0.5, 0.6) is 5.75 Å². The Morgan fingerprint density at radius 3 is 2.25 bits per heavy atom. The van der Waals surface area contributed by atoms with Crippen molar-refractivity contribution in [2.75, 3.05) is 6.61 Å². The van der Waals surface area contributed by atoms with E-state index in [1.807, 2.05) is 19.1 Å². The van der Waals surface area contributed by atoms with E-state index in [1.165, 1.54) is 35.1 Å². The molecule has 32 heavy (non-hydrogen) atoms. The second-order valence-electron chi connectivity index (χ2n) is 10.0. The largest absolute Gasteiger partial charge is 0.493 e. The molecule has 5 heteroatoms. The van der Waals surface area contributed by atoms with Gasteiger partial charge < -0.3 is 4.74 Å². The van der Waals surface area contributed by atoms with Crippen molar-refractivity contribution in [3.63, 3.8) is 0 Å². The number of aryl methyl sites for hydroxylation is 1. The number of nitrogens with one attached hydrogen (secondary N) is 1. The predicted molar refractivity (Wildman–Crippen MR) is 132 cm³/mol. The average molecular weight is 450 g/mol. The van der Waals surface area contributed by atoms with Gasteiger partial charge >= 0.3 is 0 Å². The van der Waals surface area contributed by atoms with Gasteiger partial charge in [-0.2, -0.15) is 0 Å². The van der Waals surface area contributed by atoms with Crippen molar-refractivity contribution in [3.8, 4) is 16.9 Å². The summed E-state index contributed by atoms with van der Waals surface area (Å²) in [6, 6.07) is 10.7. The van der Waals surface area contributed by atoms with E-state index in [4.69, 9.17) is 4.74 Å². The van der Waals surface area contributed by atoms with Crippen LogP contribution in [0.3, 0.4) is 0 Å². The first-order valence-corrected chi connectivity index (χ1v) is 12.0. The summed E-state index contributed by atoms with van der Waals surface area (Å²) < 4.78 is 6.03. The molecular weight excluding hydrogens is 418 g/mol. The lowest BCUT2D eigenvalue weighted by atomic mass is 9.62. The standard InChI is InChI=1S/C27H31NO3S/c1-7-31-22-13-17(14-23-24(29)28-25(30)32-23)8-9-18(22)19-15-21-20(12-16(19)2)26(3,4)10-11-27(21,5)6/h8-9,12-15H,7,10-11H2,1-6H3,(H,28,29,30)/b23-14+. The minimum atomic E-state index is -0.350. The van der Waals surface area contributed by atoms with Gasteiger partial charge in [0.1, 0.15) is 5.75 Å². The molecule has 0 unspecified atom stereocenters. The number of hydrogen-bond acceptors (Lipinski definition) is 4. The Labute approximate surface area is 194 Å². The maximum absolute atomic E-state index is 11.9. The van der Waals surface area contributed by atoms with E-state index in [2.05, 4.69) is 58.1 Å². The Hall–Kier alpha value is -2.53. The minimum Gasteiger partial charge on any atom is -0.493 e.